The van der Waals surface area contributed by atoms with E-state index in [9.17, 15) is 13.6 Å². The number of benzene rings is 1. The molecule has 0 radical (unpaired) electrons. The Labute approximate surface area is 151 Å². The third-order valence-corrected chi connectivity index (χ3v) is 4.05. The van der Waals surface area contributed by atoms with Crippen molar-refractivity contribution in [3.05, 3.63) is 29.8 Å². The summed E-state index contributed by atoms with van der Waals surface area (Å²) in [6.45, 7) is 1.93. The van der Waals surface area contributed by atoms with Gasteiger partial charge in [-0.05, 0) is 18.6 Å². The third kappa shape index (κ3) is 5.55. The summed E-state index contributed by atoms with van der Waals surface area (Å²) < 4.78 is 32.7. The van der Waals surface area contributed by atoms with Crippen LogP contribution in [-0.2, 0) is 9.53 Å². The zero-order chi connectivity index (χ0) is 18.9. The van der Waals surface area contributed by atoms with E-state index in [0.29, 0.717) is 38.6 Å². The van der Waals surface area contributed by atoms with Crippen LogP contribution in [0.1, 0.15) is 6.42 Å². The van der Waals surface area contributed by atoms with E-state index in [1.165, 1.54) is 18.2 Å². The highest BCUT2D eigenvalue weighted by Gasteiger charge is 2.27. The second kappa shape index (κ2) is 9.91. The summed E-state index contributed by atoms with van der Waals surface area (Å²) in [6.07, 6.45) is 0.703. The van der Waals surface area contributed by atoms with E-state index in [4.69, 9.17) is 4.74 Å². The van der Waals surface area contributed by atoms with Crippen LogP contribution in [0.5, 0.6) is 0 Å². The molecule has 9 heteroatoms. The van der Waals surface area contributed by atoms with Crippen molar-refractivity contribution >= 4 is 17.6 Å². The molecule has 0 aliphatic carbocycles. The van der Waals surface area contributed by atoms with Crippen molar-refractivity contribution in [2.45, 2.75) is 12.5 Å². The number of guanidine groups is 1. The molecule has 0 aromatic heterocycles. The van der Waals surface area contributed by atoms with Gasteiger partial charge in [0.25, 0.3) is 0 Å². The molecule has 7 nitrogen and oxygen atoms in total. The van der Waals surface area contributed by atoms with Crippen LogP contribution in [0.25, 0.3) is 0 Å². The minimum atomic E-state index is -0.569. The van der Waals surface area contributed by atoms with E-state index >= 15 is 0 Å². The number of methoxy groups -OCH3 is 1. The van der Waals surface area contributed by atoms with E-state index in [2.05, 4.69) is 20.9 Å². The number of hydrogen-bond acceptors (Lipinski definition) is 4. The lowest BCUT2D eigenvalue weighted by molar-refractivity contribution is -0.120. The molecular weight excluding hydrogens is 344 g/mol. The van der Waals surface area contributed by atoms with E-state index in [1.54, 1.807) is 19.1 Å². The second-order valence-corrected chi connectivity index (χ2v) is 5.91. The van der Waals surface area contributed by atoms with Crippen molar-refractivity contribution in [2.24, 2.45) is 4.99 Å². The highest BCUT2D eigenvalue weighted by atomic mass is 19.1. The number of aliphatic imine (C=N–C) groups is 1. The average Bonchev–Trinajstić information content (AvgIpc) is 3.06. The summed E-state index contributed by atoms with van der Waals surface area (Å²) in [5, 5.41) is 8.79. The molecule has 2 rings (SSSR count). The number of rotatable bonds is 7. The fourth-order valence-corrected chi connectivity index (χ4v) is 2.78. The van der Waals surface area contributed by atoms with Crippen molar-refractivity contribution in [3.8, 4) is 0 Å². The van der Waals surface area contributed by atoms with Crippen LogP contribution in [0.3, 0.4) is 0 Å². The summed E-state index contributed by atoms with van der Waals surface area (Å²) in [4.78, 5) is 17.4. The smallest absolute Gasteiger partial charge is 0.239 e. The summed E-state index contributed by atoms with van der Waals surface area (Å²) >= 11 is 0. The van der Waals surface area contributed by atoms with Crippen molar-refractivity contribution in [3.63, 3.8) is 0 Å². The minimum Gasteiger partial charge on any atom is -0.383 e. The molecule has 26 heavy (non-hydrogen) atoms. The molecule has 1 heterocycles. The van der Waals surface area contributed by atoms with Crippen LogP contribution in [-0.4, -0.2) is 64.9 Å². The lowest BCUT2D eigenvalue weighted by Crippen LogP contribution is -2.47. The number of nitrogens with zero attached hydrogens (tertiary/aromatic N) is 2. The SMILES string of the molecule is CN=C(NCC(=O)NCCOC)NC1CCN(c2c(F)cccc2F)C1. The summed E-state index contributed by atoms with van der Waals surface area (Å²) in [6, 6.07) is 3.82. The Morgan fingerprint density at radius 3 is 2.73 bits per heavy atom. The zero-order valence-corrected chi connectivity index (χ0v) is 15.0. The minimum absolute atomic E-state index is 0.00253. The number of ether oxygens (including phenoxy) is 1. The Morgan fingerprint density at radius 1 is 1.35 bits per heavy atom. The van der Waals surface area contributed by atoms with E-state index in [1.807, 2.05) is 0 Å². The average molecular weight is 369 g/mol. The highest BCUT2D eigenvalue weighted by Crippen LogP contribution is 2.26. The fourth-order valence-electron chi connectivity index (χ4n) is 2.78. The summed E-state index contributed by atoms with van der Waals surface area (Å²) in [5.74, 6) is -0.846. The Morgan fingerprint density at radius 2 is 2.08 bits per heavy atom. The van der Waals surface area contributed by atoms with Crippen LogP contribution in [0.2, 0.25) is 0 Å². The molecule has 1 aromatic carbocycles. The first-order valence-corrected chi connectivity index (χ1v) is 8.47. The Balaban J connectivity index is 1.82. The number of nitrogens with one attached hydrogen (secondary N) is 3. The maximum atomic E-state index is 13.9. The summed E-state index contributed by atoms with van der Waals surface area (Å²) in [5.41, 5.74) is -0.00253. The lowest BCUT2D eigenvalue weighted by atomic mass is 10.2. The number of para-hydroxylation sites is 1. The van der Waals surface area contributed by atoms with Gasteiger partial charge in [-0.3, -0.25) is 9.79 Å². The molecule has 1 aromatic rings. The predicted molar refractivity (Wildman–Crippen MR) is 96.4 cm³/mol. The van der Waals surface area contributed by atoms with E-state index in [-0.39, 0.29) is 24.2 Å². The molecule has 1 fully saturated rings. The van der Waals surface area contributed by atoms with Crippen molar-refractivity contribution < 1.29 is 18.3 Å². The quantitative estimate of drug-likeness (QED) is 0.370. The molecule has 144 valence electrons. The fraction of sp³-hybridized carbons (Fsp3) is 0.529. The first-order valence-electron chi connectivity index (χ1n) is 8.47. The first-order chi connectivity index (χ1) is 12.5. The molecule has 0 bridgehead atoms. The Kier molecular flexibility index (Phi) is 7.58. The molecule has 1 aliphatic heterocycles. The van der Waals surface area contributed by atoms with Crippen LogP contribution in [0, 0.1) is 11.6 Å². The maximum Gasteiger partial charge on any atom is 0.239 e. The van der Waals surface area contributed by atoms with Crippen LogP contribution < -0.4 is 20.9 Å². The molecular formula is C17H25F2N5O2. The van der Waals surface area contributed by atoms with Gasteiger partial charge < -0.3 is 25.6 Å². The van der Waals surface area contributed by atoms with Crippen molar-refractivity contribution in [2.75, 3.05) is 51.8 Å². The zero-order valence-electron chi connectivity index (χ0n) is 15.0. The van der Waals surface area contributed by atoms with Gasteiger partial charge in [0.1, 0.15) is 17.3 Å². The highest BCUT2D eigenvalue weighted by molar-refractivity contribution is 5.86. The van der Waals surface area contributed by atoms with Gasteiger partial charge in [0.05, 0.1) is 13.2 Å². The number of carbonyl (C=O) groups excluding carboxylic acids is 1. The van der Waals surface area contributed by atoms with Gasteiger partial charge >= 0.3 is 0 Å². The number of carbonyl (C=O) groups is 1. The molecule has 0 spiro atoms. The molecule has 1 aliphatic rings. The molecule has 1 saturated heterocycles. The number of anilines is 1. The number of hydrogen-bond donors (Lipinski definition) is 3. The van der Waals surface area contributed by atoms with Gasteiger partial charge in [-0.15, -0.1) is 0 Å². The summed E-state index contributed by atoms with van der Waals surface area (Å²) in [7, 11) is 3.16. The van der Waals surface area contributed by atoms with E-state index in [0.717, 1.165) is 0 Å². The number of halogens is 2. The van der Waals surface area contributed by atoms with E-state index < -0.39 is 11.6 Å². The largest absolute Gasteiger partial charge is 0.383 e. The molecule has 3 N–H and O–H groups in total. The Bertz CT molecular complexity index is 621. The van der Waals surface area contributed by atoms with Crippen molar-refractivity contribution in [1.82, 2.24) is 16.0 Å². The monoisotopic (exact) mass is 369 g/mol. The van der Waals surface area contributed by atoms with Crippen LogP contribution >= 0.6 is 0 Å². The van der Waals surface area contributed by atoms with Gasteiger partial charge in [0, 0.05) is 39.8 Å². The number of amides is 1. The van der Waals surface area contributed by atoms with Crippen LogP contribution in [0.4, 0.5) is 14.5 Å². The van der Waals surface area contributed by atoms with Gasteiger partial charge in [-0.1, -0.05) is 6.07 Å². The molecule has 1 amide bonds. The molecule has 1 unspecified atom stereocenters. The standard InChI is InChI=1S/C17H25F2N5O2/c1-20-17(22-10-15(25)21-7-9-26-2)23-12-6-8-24(11-12)16-13(18)4-3-5-14(16)19/h3-5,12H,6-11H2,1-2H3,(H,21,25)(H2,20,22,23). The maximum absolute atomic E-state index is 13.9. The van der Waals surface area contributed by atoms with Gasteiger partial charge in [-0.2, -0.15) is 0 Å². The van der Waals surface area contributed by atoms with Crippen LogP contribution in [0.15, 0.2) is 23.2 Å². The third-order valence-electron chi connectivity index (χ3n) is 4.05. The molecule has 1 atom stereocenters. The van der Waals surface area contributed by atoms with Crippen molar-refractivity contribution in [1.29, 1.82) is 0 Å². The normalized spacial score (nSPS) is 17.3. The second-order valence-electron chi connectivity index (χ2n) is 5.91. The predicted octanol–water partition coefficient (Wildman–Crippen LogP) is 0.471. The topological polar surface area (TPSA) is 78.0 Å². The Hall–Kier alpha value is -2.42. The van der Waals surface area contributed by atoms with Gasteiger partial charge in [-0.25, -0.2) is 8.78 Å². The van der Waals surface area contributed by atoms with Gasteiger partial charge in [0.15, 0.2) is 5.96 Å². The lowest BCUT2D eigenvalue weighted by Gasteiger charge is -2.21. The van der Waals surface area contributed by atoms with Gasteiger partial charge in [0.2, 0.25) is 5.91 Å². The molecule has 0 saturated carbocycles. The first kappa shape index (κ1) is 19.9.